The van der Waals surface area contributed by atoms with Gasteiger partial charge in [0.25, 0.3) is 0 Å². The van der Waals surface area contributed by atoms with Crippen molar-refractivity contribution in [1.82, 2.24) is 4.90 Å². The van der Waals surface area contributed by atoms with Gasteiger partial charge in [0.1, 0.15) is 5.82 Å². The molecule has 8 heteroatoms. The fourth-order valence-corrected chi connectivity index (χ4v) is 5.32. The number of nitrogens with zero attached hydrogens (tertiary/aromatic N) is 1. The summed E-state index contributed by atoms with van der Waals surface area (Å²) < 4.78 is 24.7. The first-order chi connectivity index (χ1) is 15.2. The maximum Gasteiger partial charge on any atom is 0.329 e. The molecule has 0 radical (unpaired) electrons. The summed E-state index contributed by atoms with van der Waals surface area (Å²) in [5.41, 5.74) is 2.41. The zero-order valence-electron chi connectivity index (χ0n) is 18.1. The topological polar surface area (TPSA) is 98.1 Å². The summed E-state index contributed by atoms with van der Waals surface area (Å²) in [6.07, 6.45) is 5.11. The summed E-state index contributed by atoms with van der Waals surface area (Å²) in [7, 11) is -4.14. The van der Waals surface area contributed by atoms with Crippen LogP contribution in [0.15, 0.2) is 48.5 Å². The van der Waals surface area contributed by atoms with Gasteiger partial charge < -0.3 is 14.9 Å². The third kappa shape index (κ3) is 7.82. The van der Waals surface area contributed by atoms with E-state index in [-0.39, 0.29) is 30.4 Å². The van der Waals surface area contributed by atoms with Gasteiger partial charge in [-0.05, 0) is 47.6 Å². The van der Waals surface area contributed by atoms with Crippen molar-refractivity contribution in [3.05, 3.63) is 71.0 Å². The second-order valence-corrected chi connectivity index (χ2v) is 10.4. The van der Waals surface area contributed by atoms with Gasteiger partial charge in [0.05, 0.1) is 12.6 Å². The predicted molar refractivity (Wildman–Crippen MR) is 120 cm³/mol. The first-order valence-electron chi connectivity index (χ1n) is 11.0. The molecule has 1 saturated carbocycles. The lowest BCUT2D eigenvalue weighted by Gasteiger charge is -2.38. The number of rotatable bonds is 10. The molecule has 0 spiro atoms. The largest absolute Gasteiger partial charge is 0.481 e. The van der Waals surface area contributed by atoms with E-state index in [9.17, 15) is 28.6 Å². The van der Waals surface area contributed by atoms with Crippen LogP contribution in [0.2, 0.25) is 0 Å². The fourth-order valence-electron chi connectivity index (χ4n) is 4.63. The van der Waals surface area contributed by atoms with Crippen molar-refractivity contribution in [2.45, 2.75) is 63.8 Å². The summed E-state index contributed by atoms with van der Waals surface area (Å²) in [6, 6.07) is 13.2. The molecule has 6 nitrogen and oxygen atoms in total. The second kappa shape index (κ2) is 11.2. The molecular weight excluding hydrogens is 432 g/mol. The van der Waals surface area contributed by atoms with Crippen molar-refractivity contribution in [3.63, 3.8) is 0 Å². The number of halogens is 1. The van der Waals surface area contributed by atoms with E-state index in [2.05, 4.69) is 4.90 Å². The van der Waals surface area contributed by atoms with Crippen molar-refractivity contribution in [2.24, 2.45) is 5.92 Å². The van der Waals surface area contributed by atoms with E-state index in [1.165, 1.54) is 18.6 Å². The minimum atomic E-state index is -4.14. The number of carboxylic acid groups (broad SMARTS) is 1. The van der Waals surface area contributed by atoms with Gasteiger partial charge in [-0.25, -0.2) is 4.39 Å². The molecule has 1 atom stereocenters. The lowest BCUT2D eigenvalue weighted by atomic mass is 9.81. The minimum absolute atomic E-state index is 0.0438. The summed E-state index contributed by atoms with van der Waals surface area (Å²) in [5, 5.41) is 9.63. The van der Waals surface area contributed by atoms with Crippen molar-refractivity contribution in [1.29, 1.82) is 0 Å². The van der Waals surface area contributed by atoms with Gasteiger partial charge in [-0.3, -0.25) is 14.3 Å². The Labute approximate surface area is 188 Å². The Hall–Kier alpha value is -2.05. The highest BCUT2D eigenvalue weighted by Crippen LogP contribution is 2.39. The van der Waals surface area contributed by atoms with Crippen LogP contribution in [0.1, 0.15) is 55.2 Å². The molecule has 0 bridgehead atoms. The van der Waals surface area contributed by atoms with E-state index >= 15 is 0 Å². The van der Waals surface area contributed by atoms with Crippen LogP contribution in [0.25, 0.3) is 0 Å². The van der Waals surface area contributed by atoms with Crippen molar-refractivity contribution in [3.8, 4) is 0 Å². The van der Waals surface area contributed by atoms with Gasteiger partial charge in [0.2, 0.25) is 0 Å². The van der Waals surface area contributed by atoms with Gasteiger partial charge in [-0.2, -0.15) is 0 Å². The Kier molecular flexibility index (Phi) is 8.60. The zero-order valence-corrected chi connectivity index (χ0v) is 19.0. The van der Waals surface area contributed by atoms with Crippen LogP contribution in [0.4, 0.5) is 4.39 Å². The molecule has 32 heavy (non-hydrogen) atoms. The van der Waals surface area contributed by atoms with E-state index in [0.29, 0.717) is 18.7 Å². The van der Waals surface area contributed by atoms with Crippen LogP contribution in [-0.4, -0.2) is 31.8 Å². The molecule has 3 N–H and O–H groups in total. The Morgan fingerprint density at radius 2 is 1.44 bits per heavy atom. The normalized spacial score (nSPS) is 16.2. The molecule has 2 aromatic carbocycles. The van der Waals surface area contributed by atoms with E-state index in [0.717, 1.165) is 36.8 Å². The maximum absolute atomic E-state index is 13.4. The molecular formula is C24H31FNO5P. The summed E-state index contributed by atoms with van der Waals surface area (Å²) in [4.78, 5) is 32.3. The summed E-state index contributed by atoms with van der Waals surface area (Å²) in [5.74, 6) is -0.855. The first-order valence-corrected chi connectivity index (χ1v) is 12.8. The van der Waals surface area contributed by atoms with Crippen molar-refractivity contribution in [2.75, 3.05) is 0 Å². The van der Waals surface area contributed by atoms with Gasteiger partial charge in [0, 0.05) is 19.1 Å². The molecule has 0 heterocycles. The van der Waals surface area contributed by atoms with E-state index in [1.807, 2.05) is 12.1 Å². The Morgan fingerprint density at radius 1 is 0.938 bits per heavy atom. The Balaban J connectivity index is 1.85. The first kappa shape index (κ1) is 24.6. The van der Waals surface area contributed by atoms with Crippen LogP contribution >= 0.6 is 7.60 Å². The number of hydrogen-bond acceptors (Lipinski definition) is 3. The minimum Gasteiger partial charge on any atom is -0.481 e. The van der Waals surface area contributed by atoms with Crippen LogP contribution in [0, 0.1) is 11.7 Å². The highest BCUT2D eigenvalue weighted by molar-refractivity contribution is 7.50. The van der Waals surface area contributed by atoms with Gasteiger partial charge in [0.15, 0.2) is 0 Å². The van der Waals surface area contributed by atoms with E-state index < -0.39 is 13.6 Å². The number of carbonyl (C=O) groups is 1. The number of carboxylic acids is 1. The van der Waals surface area contributed by atoms with Crippen LogP contribution < -0.4 is 0 Å². The standard InChI is InChI=1S/C24H31FNO5P/c25-22-12-10-19(11-13-22)16-26(23(14-24(27)28)21-4-2-1-3-5-21)15-18-6-8-20(9-7-18)17-32(29,30)31/h6-13,21,23H,1-5,14-17H2,(H,27,28)(H2,29,30,31). The lowest BCUT2D eigenvalue weighted by molar-refractivity contribution is -0.139. The molecule has 0 amide bonds. The van der Waals surface area contributed by atoms with Crippen molar-refractivity contribution >= 4 is 13.6 Å². The highest BCUT2D eigenvalue weighted by Gasteiger charge is 2.31. The second-order valence-electron chi connectivity index (χ2n) is 8.73. The maximum atomic E-state index is 13.4. The van der Waals surface area contributed by atoms with Gasteiger partial charge in [-0.1, -0.05) is 55.7 Å². The number of aliphatic carboxylic acids is 1. The van der Waals surface area contributed by atoms with Crippen LogP contribution in [-0.2, 0) is 28.6 Å². The molecule has 3 rings (SSSR count). The smallest absolute Gasteiger partial charge is 0.329 e. The van der Waals surface area contributed by atoms with E-state index in [1.54, 1.807) is 24.3 Å². The SMILES string of the molecule is O=C(O)CC(C1CCCCC1)N(Cc1ccc(F)cc1)Cc1ccc(CP(=O)(O)O)cc1. The van der Waals surface area contributed by atoms with Gasteiger partial charge >= 0.3 is 13.6 Å². The molecule has 0 aromatic heterocycles. The average Bonchev–Trinajstić information content (AvgIpc) is 2.74. The summed E-state index contributed by atoms with van der Waals surface area (Å²) in [6.45, 7) is 1.00. The van der Waals surface area contributed by atoms with E-state index in [4.69, 9.17) is 0 Å². The average molecular weight is 463 g/mol. The molecule has 0 saturated heterocycles. The quantitative estimate of drug-likeness (QED) is 0.432. The van der Waals surface area contributed by atoms with Crippen molar-refractivity contribution < 1.29 is 28.6 Å². The monoisotopic (exact) mass is 463 g/mol. The van der Waals surface area contributed by atoms with Crippen LogP contribution in [0.3, 0.4) is 0 Å². The molecule has 1 unspecified atom stereocenters. The Morgan fingerprint density at radius 3 is 1.94 bits per heavy atom. The molecule has 174 valence electrons. The fraction of sp³-hybridized carbons (Fsp3) is 0.458. The summed E-state index contributed by atoms with van der Waals surface area (Å²) >= 11 is 0. The highest BCUT2D eigenvalue weighted by atomic mass is 31.2. The molecule has 2 aromatic rings. The number of benzene rings is 2. The molecule has 1 aliphatic carbocycles. The third-order valence-corrected chi connectivity index (χ3v) is 6.92. The predicted octanol–water partition coefficient (Wildman–Crippen LogP) is 4.93. The van der Waals surface area contributed by atoms with Crippen LogP contribution in [0.5, 0.6) is 0 Å². The Bertz CT molecular complexity index is 922. The molecule has 1 fully saturated rings. The molecule has 1 aliphatic rings. The van der Waals surface area contributed by atoms with Gasteiger partial charge in [-0.15, -0.1) is 0 Å². The third-order valence-electron chi connectivity index (χ3n) is 6.14. The zero-order chi connectivity index (χ0) is 23.1. The lowest BCUT2D eigenvalue weighted by Crippen LogP contribution is -2.42. The number of hydrogen-bond donors (Lipinski definition) is 3. The molecule has 0 aliphatic heterocycles.